The minimum Gasteiger partial charge on any atom is -0.478 e. The van der Waals surface area contributed by atoms with Crippen molar-refractivity contribution in [3.05, 3.63) is 47.3 Å². The Hall–Kier alpha value is -1.93. The molecule has 1 atom stereocenters. The summed E-state index contributed by atoms with van der Waals surface area (Å²) in [5.41, 5.74) is 2.03. The molecule has 1 saturated heterocycles. The topological polar surface area (TPSA) is 84.2 Å². The third kappa shape index (κ3) is 4.19. The van der Waals surface area contributed by atoms with Gasteiger partial charge in [-0.2, -0.15) is 28.6 Å². The first kappa shape index (κ1) is 17.9. The number of amides is 1. The van der Waals surface area contributed by atoms with Crippen LogP contribution in [-0.4, -0.2) is 55.8 Å². The Kier molecular flexibility index (Phi) is 5.70. The van der Waals surface area contributed by atoms with E-state index in [1.807, 2.05) is 23.5 Å². The molecule has 0 radical (unpaired) electrons. The van der Waals surface area contributed by atoms with E-state index in [1.54, 1.807) is 35.9 Å². The molecule has 1 aliphatic rings. The Morgan fingerprint density at radius 1 is 1.32 bits per heavy atom. The number of rotatable bonds is 5. The van der Waals surface area contributed by atoms with Crippen LogP contribution >= 0.6 is 23.5 Å². The van der Waals surface area contributed by atoms with Gasteiger partial charge in [-0.25, -0.2) is 9.48 Å². The second-order valence-electron chi connectivity index (χ2n) is 5.69. The van der Waals surface area contributed by atoms with Crippen LogP contribution in [-0.2, 0) is 0 Å². The maximum absolute atomic E-state index is 12.3. The fraction of sp³-hybridized carbons (Fsp3) is 0.353. The highest BCUT2D eigenvalue weighted by molar-refractivity contribution is 8.06. The molecular weight excluding hydrogens is 358 g/mol. The number of nitrogens with zero attached hydrogens (tertiary/aromatic N) is 2. The normalized spacial score (nSPS) is 17.2. The van der Waals surface area contributed by atoms with Crippen LogP contribution in [0.3, 0.4) is 0 Å². The summed E-state index contributed by atoms with van der Waals surface area (Å²) in [4.78, 5) is 23.4. The molecule has 1 amide bonds. The molecule has 2 heterocycles. The van der Waals surface area contributed by atoms with E-state index in [1.165, 1.54) is 11.9 Å². The average Bonchev–Trinajstić information content (AvgIpc) is 3.02. The van der Waals surface area contributed by atoms with Gasteiger partial charge in [0.2, 0.25) is 0 Å². The first-order valence-corrected chi connectivity index (χ1v) is 10.1. The standard InChI is InChI=1S/C17H19N3O3S2/c1-11-15(17(22)23)9-19-20(11)13-4-2-12(3-5-13)16(21)18-8-14-10-24-6-7-25-14/h2-5,9,14H,6-8,10H2,1H3,(H,18,21)(H,22,23). The van der Waals surface area contributed by atoms with Gasteiger partial charge in [-0.15, -0.1) is 0 Å². The summed E-state index contributed by atoms with van der Waals surface area (Å²) >= 11 is 3.84. The van der Waals surface area contributed by atoms with Crippen molar-refractivity contribution in [2.24, 2.45) is 0 Å². The number of nitrogens with one attached hydrogen (secondary N) is 1. The molecule has 0 spiro atoms. The molecule has 0 bridgehead atoms. The quantitative estimate of drug-likeness (QED) is 0.833. The Labute approximate surface area is 154 Å². The predicted octanol–water partition coefficient (Wildman–Crippen LogP) is 2.46. The molecule has 2 N–H and O–H groups in total. The third-order valence-electron chi connectivity index (χ3n) is 3.99. The highest BCUT2D eigenvalue weighted by Crippen LogP contribution is 2.23. The number of hydrogen-bond donors (Lipinski definition) is 2. The van der Waals surface area contributed by atoms with Crippen LogP contribution in [0.4, 0.5) is 0 Å². The lowest BCUT2D eigenvalue weighted by molar-refractivity contribution is 0.0695. The van der Waals surface area contributed by atoms with Gasteiger partial charge in [0.15, 0.2) is 0 Å². The number of benzene rings is 1. The number of carboxylic acid groups (broad SMARTS) is 1. The molecule has 3 rings (SSSR count). The predicted molar refractivity (Wildman–Crippen MR) is 101 cm³/mol. The van der Waals surface area contributed by atoms with Crippen LogP contribution in [0.1, 0.15) is 26.4 Å². The summed E-state index contributed by atoms with van der Waals surface area (Å²) in [6.45, 7) is 2.38. The maximum Gasteiger partial charge on any atom is 0.339 e. The van der Waals surface area contributed by atoms with Crippen molar-refractivity contribution in [1.29, 1.82) is 0 Å². The molecule has 25 heavy (non-hydrogen) atoms. The highest BCUT2D eigenvalue weighted by atomic mass is 32.2. The number of hydrogen-bond acceptors (Lipinski definition) is 5. The second-order valence-corrected chi connectivity index (χ2v) is 8.24. The van der Waals surface area contributed by atoms with E-state index in [4.69, 9.17) is 5.11 Å². The first-order chi connectivity index (χ1) is 12.1. The Morgan fingerprint density at radius 3 is 2.68 bits per heavy atom. The van der Waals surface area contributed by atoms with Crippen molar-refractivity contribution in [3.63, 3.8) is 0 Å². The lowest BCUT2D eigenvalue weighted by Gasteiger charge is -2.21. The van der Waals surface area contributed by atoms with E-state index >= 15 is 0 Å². The summed E-state index contributed by atoms with van der Waals surface area (Å²) in [5.74, 6) is 2.31. The molecule has 8 heteroatoms. The van der Waals surface area contributed by atoms with E-state index < -0.39 is 5.97 Å². The van der Waals surface area contributed by atoms with Gasteiger partial charge in [-0.3, -0.25) is 4.79 Å². The molecule has 1 unspecified atom stereocenters. The van der Waals surface area contributed by atoms with Crippen molar-refractivity contribution in [3.8, 4) is 5.69 Å². The Bertz CT molecular complexity index is 768. The number of carboxylic acids is 1. The molecule has 1 aromatic heterocycles. The first-order valence-electron chi connectivity index (χ1n) is 7.92. The third-order valence-corrected chi connectivity index (χ3v) is 6.83. The maximum atomic E-state index is 12.3. The molecule has 0 aliphatic carbocycles. The van der Waals surface area contributed by atoms with Gasteiger partial charge in [-0.1, -0.05) is 0 Å². The molecule has 1 aromatic carbocycles. The van der Waals surface area contributed by atoms with E-state index in [9.17, 15) is 9.59 Å². The number of aromatic nitrogens is 2. The largest absolute Gasteiger partial charge is 0.478 e. The van der Waals surface area contributed by atoms with Crippen molar-refractivity contribution >= 4 is 35.4 Å². The van der Waals surface area contributed by atoms with E-state index in [2.05, 4.69) is 10.4 Å². The molecule has 1 fully saturated rings. The highest BCUT2D eigenvalue weighted by Gasteiger charge is 2.16. The van der Waals surface area contributed by atoms with Gasteiger partial charge in [-0.05, 0) is 31.2 Å². The molecule has 1 aliphatic heterocycles. The van der Waals surface area contributed by atoms with Gasteiger partial charge in [0.25, 0.3) is 5.91 Å². The minimum absolute atomic E-state index is 0.0915. The van der Waals surface area contributed by atoms with Gasteiger partial charge in [0.1, 0.15) is 5.56 Å². The fourth-order valence-corrected chi connectivity index (χ4v) is 5.21. The van der Waals surface area contributed by atoms with Crippen molar-refractivity contribution in [1.82, 2.24) is 15.1 Å². The number of thioether (sulfide) groups is 2. The summed E-state index contributed by atoms with van der Waals surface area (Å²) in [6, 6.07) is 7.00. The van der Waals surface area contributed by atoms with E-state index in [0.29, 0.717) is 23.1 Å². The molecule has 0 saturated carbocycles. The van der Waals surface area contributed by atoms with Crippen molar-refractivity contribution < 1.29 is 14.7 Å². The zero-order valence-electron chi connectivity index (χ0n) is 13.8. The van der Waals surface area contributed by atoms with Crippen LogP contribution in [0.25, 0.3) is 5.69 Å². The number of aromatic carboxylic acids is 1. The minimum atomic E-state index is -1.00. The molecule has 6 nitrogen and oxygen atoms in total. The lowest BCUT2D eigenvalue weighted by atomic mass is 10.2. The van der Waals surface area contributed by atoms with E-state index in [-0.39, 0.29) is 11.5 Å². The van der Waals surface area contributed by atoms with Crippen LogP contribution < -0.4 is 5.32 Å². The van der Waals surface area contributed by atoms with Crippen molar-refractivity contribution in [2.75, 3.05) is 23.8 Å². The summed E-state index contributed by atoms with van der Waals surface area (Å²) in [5, 5.41) is 16.7. The summed E-state index contributed by atoms with van der Waals surface area (Å²) < 4.78 is 1.56. The second kappa shape index (κ2) is 7.97. The molecule has 2 aromatic rings. The van der Waals surface area contributed by atoms with Gasteiger partial charge < -0.3 is 10.4 Å². The SMILES string of the molecule is Cc1c(C(=O)O)cnn1-c1ccc(C(=O)NCC2CSCCS2)cc1. The summed E-state index contributed by atoms with van der Waals surface area (Å²) in [6.07, 6.45) is 1.33. The van der Waals surface area contributed by atoms with Crippen LogP contribution in [0.2, 0.25) is 0 Å². The molecule has 132 valence electrons. The van der Waals surface area contributed by atoms with Gasteiger partial charge in [0.05, 0.1) is 17.6 Å². The lowest BCUT2D eigenvalue weighted by Crippen LogP contribution is -2.33. The van der Waals surface area contributed by atoms with Crippen LogP contribution in [0, 0.1) is 6.92 Å². The van der Waals surface area contributed by atoms with Crippen molar-refractivity contribution in [2.45, 2.75) is 12.2 Å². The Balaban J connectivity index is 1.65. The Morgan fingerprint density at radius 2 is 2.08 bits per heavy atom. The number of carbonyl (C=O) groups is 2. The fourth-order valence-electron chi connectivity index (χ4n) is 2.60. The van der Waals surface area contributed by atoms with E-state index in [0.717, 1.165) is 17.2 Å². The number of carbonyl (C=O) groups excluding carboxylic acids is 1. The smallest absolute Gasteiger partial charge is 0.339 e. The van der Waals surface area contributed by atoms with Gasteiger partial charge in [0, 0.05) is 34.6 Å². The van der Waals surface area contributed by atoms with Crippen LogP contribution in [0.5, 0.6) is 0 Å². The van der Waals surface area contributed by atoms with Gasteiger partial charge >= 0.3 is 5.97 Å². The summed E-state index contributed by atoms with van der Waals surface area (Å²) in [7, 11) is 0. The average molecular weight is 377 g/mol. The zero-order valence-corrected chi connectivity index (χ0v) is 15.4. The van der Waals surface area contributed by atoms with Crippen LogP contribution in [0.15, 0.2) is 30.5 Å². The monoisotopic (exact) mass is 377 g/mol. The zero-order chi connectivity index (χ0) is 17.8. The molecular formula is C17H19N3O3S2.